The Morgan fingerprint density at radius 2 is 2.14 bits per heavy atom. The second kappa shape index (κ2) is 3.29. The average molecular weight is 190 g/mol. The fraction of sp³-hybridized carbons (Fsp3) is 0.400. The molecule has 0 unspecified atom stereocenters. The van der Waals surface area contributed by atoms with Crippen molar-refractivity contribution in [1.29, 1.82) is 0 Å². The molecular weight excluding hydrogens is 176 g/mol. The molecule has 0 aliphatic carbocycles. The van der Waals surface area contributed by atoms with Crippen LogP contribution in [0.4, 0.5) is 5.95 Å². The van der Waals surface area contributed by atoms with Crippen LogP contribution in [0.25, 0.3) is 5.65 Å². The van der Waals surface area contributed by atoms with E-state index in [2.05, 4.69) is 29.2 Å². The Balaban J connectivity index is 2.41. The highest BCUT2D eigenvalue weighted by Crippen LogP contribution is 2.07. The van der Waals surface area contributed by atoms with Crippen LogP contribution in [0.2, 0.25) is 0 Å². The van der Waals surface area contributed by atoms with E-state index >= 15 is 0 Å². The minimum Gasteiger partial charge on any atom is -0.351 e. The van der Waals surface area contributed by atoms with Crippen LogP contribution < -0.4 is 5.32 Å². The third kappa shape index (κ3) is 1.69. The molecule has 2 aromatic heterocycles. The van der Waals surface area contributed by atoms with Gasteiger partial charge in [-0.05, 0) is 32.4 Å². The highest BCUT2D eigenvalue weighted by Gasteiger charge is 2.03. The predicted molar refractivity (Wildman–Crippen MR) is 56.5 cm³/mol. The maximum Gasteiger partial charge on any atom is 0.243 e. The molecule has 4 nitrogen and oxygen atoms in total. The second-order valence-electron chi connectivity index (χ2n) is 3.74. The van der Waals surface area contributed by atoms with Gasteiger partial charge in [-0.15, -0.1) is 5.10 Å². The van der Waals surface area contributed by atoms with E-state index in [4.69, 9.17) is 0 Å². The molecular formula is C10H14N4. The molecule has 2 rings (SSSR count). The summed E-state index contributed by atoms with van der Waals surface area (Å²) in [6.45, 7) is 6.17. The lowest BCUT2D eigenvalue weighted by Crippen LogP contribution is -2.10. The van der Waals surface area contributed by atoms with Gasteiger partial charge in [0.2, 0.25) is 5.95 Å². The van der Waals surface area contributed by atoms with Gasteiger partial charge in [0.25, 0.3) is 0 Å². The molecule has 0 aromatic carbocycles. The number of aryl methyl sites for hydroxylation is 1. The molecule has 2 aromatic rings. The summed E-state index contributed by atoms with van der Waals surface area (Å²) >= 11 is 0. The normalized spacial score (nSPS) is 11.1. The molecule has 0 radical (unpaired) electrons. The van der Waals surface area contributed by atoms with E-state index in [-0.39, 0.29) is 0 Å². The van der Waals surface area contributed by atoms with Crippen molar-refractivity contribution < 1.29 is 0 Å². The van der Waals surface area contributed by atoms with Gasteiger partial charge in [0.05, 0.1) is 0 Å². The van der Waals surface area contributed by atoms with Crippen LogP contribution in [0, 0.1) is 6.92 Å². The van der Waals surface area contributed by atoms with Crippen molar-refractivity contribution in [2.75, 3.05) is 5.32 Å². The van der Waals surface area contributed by atoms with Gasteiger partial charge in [0, 0.05) is 12.2 Å². The topological polar surface area (TPSA) is 42.2 Å². The summed E-state index contributed by atoms with van der Waals surface area (Å²) in [7, 11) is 0. The van der Waals surface area contributed by atoms with E-state index in [1.54, 1.807) is 4.52 Å². The Bertz CT molecular complexity index is 444. The molecule has 0 aliphatic heterocycles. The molecule has 0 spiro atoms. The Labute approximate surface area is 83.0 Å². The number of nitrogens with zero attached hydrogens (tertiary/aromatic N) is 3. The van der Waals surface area contributed by atoms with E-state index in [0.29, 0.717) is 12.0 Å². The first-order valence-corrected chi connectivity index (χ1v) is 4.75. The number of hydrogen-bond acceptors (Lipinski definition) is 3. The van der Waals surface area contributed by atoms with E-state index in [9.17, 15) is 0 Å². The van der Waals surface area contributed by atoms with Gasteiger partial charge in [-0.25, -0.2) is 4.52 Å². The van der Waals surface area contributed by atoms with Gasteiger partial charge in [0.15, 0.2) is 5.65 Å². The first-order chi connectivity index (χ1) is 6.65. The number of aromatic nitrogens is 3. The lowest BCUT2D eigenvalue weighted by Gasteiger charge is -2.02. The number of anilines is 1. The average Bonchev–Trinajstić information content (AvgIpc) is 2.44. The summed E-state index contributed by atoms with van der Waals surface area (Å²) in [5, 5.41) is 7.48. The summed E-state index contributed by atoms with van der Waals surface area (Å²) in [6.07, 6.45) is 1.97. The Morgan fingerprint density at radius 3 is 2.86 bits per heavy atom. The van der Waals surface area contributed by atoms with E-state index < -0.39 is 0 Å². The van der Waals surface area contributed by atoms with Crippen LogP contribution in [-0.4, -0.2) is 20.6 Å². The van der Waals surface area contributed by atoms with Crippen LogP contribution >= 0.6 is 0 Å². The standard InChI is InChI=1S/C10H14N4/c1-7(2)11-10-12-9-5-4-8(3)6-14(9)13-10/h4-7H,1-3H3,(H,11,13). The van der Waals surface area contributed by atoms with E-state index in [1.165, 1.54) is 5.56 Å². The highest BCUT2D eigenvalue weighted by atomic mass is 15.3. The molecule has 0 amide bonds. The van der Waals surface area contributed by atoms with Crippen molar-refractivity contribution >= 4 is 11.6 Å². The molecule has 0 bridgehead atoms. The summed E-state index contributed by atoms with van der Waals surface area (Å²) in [6, 6.07) is 4.35. The molecule has 4 heteroatoms. The number of nitrogens with one attached hydrogen (secondary N) is 1. The molecule has 0 atom stereocenters. The number of hydrogen-bond donors (Lipinski definition) is 1. The van der Waals surface area contributed by atoms with E-state index in [0.717, 1.165) is 5.65 Å². The van der Waals surface area contributed by atoms with Crippen LogP contribution in [0.3, 0.4) is 0 Å². The van der Waals surface area contributed by atoms with Crippen LogP contribution in [0.1, 0.15) is 19.4 Å². The van der Waals surface area contributed by atoms with E-state index in [1.807, 2.05) is 25.3 Å². The number of rotatable bonds is 2. The van der Waals surface area contributed by atoms with Gasteiger partial charge >= 0.3 is 0 Å². The Morgan fingerprint density at radius 1 is 1.36 bits per heavy atom. The number of pyridine rings is 1. The summed E-state index contributed by atoms with van der Waals surface area (Å²) in [5.41, 5.74) is 2.05. The quantitative estimate of drug-likeness (QED) is 0.786. The van der Waals surface area contributed by atoms with Crippen molar-refractivity contribution in [3.63, 3.8) is 0 Å². The Hall–Kier alpha value is -1.58. The summed E-state index contributed by atoms with van der Waals surface area (Å²) in [4.78, 5) is 4.33. The van der Waals surface area contributed by atoms with Crippen molar-refractivity contribution in [3.05, 3.63) is 23.9 Å². The smallest absolute Gasteiger partial charge is 0.243 e. The van der Waals surface area contributed by atoms with Crippen LogP contribution in [0.15, 0.2) is 18.3 Å². The summed E-state index contributed by atoms with van der Waals surface area (Å²) < 4.78 is 1.79. The lowest BCUT2D eigenvalue weighted by molar-refractivity contribution is 0.864. The van der Waals surface area contributed by atoms with Crippen molar-refractivity contribution in [1.82, 2.24) is 14.6 Å². The number of fused-ring (bicyclic) bond motifs is 1. The molecule has 0 fully saturated rings. The maximum atomic E-state index is 4.33. The van der Waals surface area contributed by atoms with Gasteiger partial charge in [-0.3, -0.25) is 0 Å². The van der Waals surface area contributed by atoms with Crippen molar-refractivity contribution in [2.45, 2.75) is 26.8 Å². The minimum atomic E-state index is 0.355. The maximum absolute atomic E-state index is 4.33. The zero-order valence-corrected chi connectivity index (χ0v) is 8.65. The van der Waals surface area contributed by atoms with Gasteiger partial charge < -0.3 is 5.32 Å². The Kier molecular flexibility index (Phi) is 2.11. The predicted octanol–water partition coefficient (Wildman–Crippen LogP) is 1.86. The van der Waals surface area contributed by atoms with Gasteiger partial charge in [-0.1, -0.05) is 6.07 Å². The van der Waals surface area contributed by atoms with Gasteiger partial charge in [-0.2, -0.15) is 4.98 Å². The molecule has 2 heterocycles. The fourth-order valence-electron chi connectivity index (χ4n) is 1.31. The SMILES string of the molecule is Cc1ccc2nc(NC(C)C)nn2c1. The largest absolute Gasteiger partial charge is 0.351 e. The minimum absolute atomic E-state index is 0.355. The fourth-order valence-corrected chi connectivity index (χ4v) is 1.31. The zero-order chi connectivity index (χ0) is 10.1. The van der Waals surface area contributed by atoms with Crippen molar-refractivity contribution in [2.24, 2.45) is 0 Å². The summed E-state index contributed by atoms with van der Waals surface area (Å²) in [5.74, 6) is 0.686. The van der Waals surface area contributed by atoms with Crippen molar-refractivity contribution in [3.8, 4) is 0 Å². The highest BCUT2D eigenvalue weighted by molar-refractivity contribution is 5.44. The third-order valence-electron chi connectivity index (χ3n) is 1.90. The molecule has 1 N–H and O–H groups in total. The molecule has 74 valence electrons. The second-order valence-corrected chi connectivity index (χ2v) is 3.74. The lowest BCUT2D eigenvalue weighted by atomic mass is 10.3. The molecule has 0 aliphatic rings. The monoisotopic (exact) mass is 190 g/mol. The van der Waals surface area contributed by atoms with Crippen LogP contribution in [0.5, 0.6) is 0 Å². The molecule has 14 heavy (non-hydrogen) atoms. The third-order valence-corrected chi connectivity index (χ3v) is 1.90. The molecule has 0 saturated heterocycles. The van der Waals surface area contributed by atoms with Crippen LogP contribution in [-0.2, 0) is 0 Å². The first kappa shape index (κ1) is 8.99. The zero-order valence-electron chi connectivity index (χ0n) is 8.65. The van der Waals surface area contributed by atoms with Gasteiger partial charge in [0.1, 0.15) is 0 Å². The first-order valence-electron chi connectivity index (χ1n) is 4.75. The molecule has 0 saturated carbocycles.